The highest BCUT2D eigenvalue weighted by atomic mass is 35.5. The average molecular weight is 693 g/mol. The lowest BCUT2D eigenvalue weighted by molar-refractivity contribution is -0.128. The van der Waals surface area contributed by atoms with Gasteiger partial charge in [-0.3, -0.25) is 9.69 Å². The van der Waals surface area contributed by atoms with Crippen LogP contribution in [-0.4, -0.2) is 47.2 Å². The number of nitrogens with one attached hydrogen (secondary N) is 1. The Labute approximate surface area is 288 Å². The molecule has 2 aliphatic heterocycles. The second-order valence-electron chi connectivity index (χ2n) is 12.0. The number of nitrogens with zero attached hydrogens (tertiary/aromatic N) is 1. The Balaban J connectivity index is 1.51. The van der Waals surface area contributed by atoms with Crippen LogP contribution >= 0.6 is 23.2 Å². The number of hydrogen-bond acceptors (Lipinski definition) is 7. The van der Waals surface area contributed by atoms with E-state index in [9.17, 15) is 14.7 Å². The molecule has 1 amide bonds. The Kier molecular flexibility index (Phi) is 9.79. The summed E-state index contributed by atoms with van der Waals surface area (Å²) < 4.78 is 26.9. The van der Waals surface area contributed by atoms with E-state index in [0.29, 0.717) is 39.8 Å². The number of halogens is 3. The van der Waals surface area contributed by atoms with Crippen LogP contribution in [-0.2, 0) is 21.6 Å². The highest BCUT2D eigenvalue weighted by Gasteiger charge is 2.66. The van der Waals surface area contributed by atoms with Crippen molar-refractivity contribution in [1.82, 2.24) is 4.90 Å². The predicted octanol–water partition coefficient (Wildman–Crippen LogP) is 6.97. The molecular weight excluding hydrogens is 656 g/mol. The number of anilines is 1. The molecular formula is C37H36Cl2FN3O5. The summed E-state index contributed by atoms with van der Waals surface area (Å²) in [6.45, 7) is 4.55. The first-order valence-electron chi connectivity index (χ1n) is 15.8. The van der Waals surface area contributed by atoms with Crippen molar-refractivity contribution in [2.75, 3.05) is 18.5 Å². The van der Waals surface area contributed by atoms with E-state index in [1.54, 1.807) is 61.5 Å². The Morgan fingerprint density at radius 3 is 2.52 bits per heavy atom. The molecule has 0 unspecified atom stereocenters. The molecule has 250 valence electrons. The summed E-state index contributed by atoms with van der Waals surface area (Å²) in [7, 11) is 0. The van der Waals surface area contributed by atoms with Gasteiger partial charge in [-0.15, -0.1) is 0 Å². The first-order chi connectivity index (χ1) is 23.1. The summed E-state index contributed by atoms with van der Waals surface area (Å²) in [6, 6.07) is 22.4. The van der Waals surface area contributed by atoms with Crippen molar-refractivity contribution in [3.8, 4) is 5.75 Å². The molecule has 0 aliphatic carbocycles. The van der Waals surface area contributed by atoms with E-state index in [-0.39, 0.29) is 30.2 Å². The summed E-state index contributed by atoms with van der Waals surface area (Å²) >= 11 is 12.7. The fourth-order valence-electron chi connectivity index (χ4n) is 7.27. The molecule has 1 spiro atoms. The number of nitrogens with two attached hydrogens (primary N) is 1. The monoisotopic (exact) mass is 691 g/mol. The number of esters is 1. The normalized spacial score (nSPS) is 22.4. The van der Waals surface area contributed by atoms with Crippen molar-refractivity contribution < 1.29 is 28.6 Å². The molecule has 4 aromatic rings. The van der Waals surface area contributed by atoms with Gasteiger partial charge in [0.05, 0.1) is 29.9 Å². The Hall–Kier alpha value is -3.99. The minimum absolute atomic E-state index is 0.0850. The minimum Gasteiger partial charge on any atom is -0.494 e. The van der Waals surface area contributed by atoms with Gasteiger partial charge in [-0.25, -0.2) is 9.18 Å². The van der Waals surface area contributed by atoms with Crippen LogP contribution in [0.25, 0.3) is 0 Å². The van der Waals surface area contributed by atoms with Crippen LogP contribution in [0.1, 0.15) is 64.9 Å². The van der Waals surface area contributed by atoms with Crippen molar-refractivity contribution in [1.29, 1.82) is 0 Å². The molecule has 4 aromatic carbocycles. The quantitative estimate of drug-likeness (QED) is 0.154. The zero-order valence-corrected chi connectivity index (χ0v) is 28.0. The third kappa shape index (κ3) is 5.95. The number of aliphatic hydroxyl groups is 1. The number of carbonyl (C=O) groups excluding carboxylic acids is 2. The first-order valence-corrected chi connectivity index (χ1v) is 16.6. The van der Waals surface area contributed by atoms with Crippen LogP contribution in [0.3, 0.4) is 0 Å². The van der Waals surface area contributed by atoms with Crippen LogP contribution in [0.15, 0.2) is 84.9 Å². The maximum Gasteiger partial charge on any atom is 0.338 e. The Morgan fingerprint density at radius 1 is 1.04 bits per heavy atom. The van der Waals surface area contributed by atoms with Crippen LogP contribution < -0.4 is 15.8 Å². The molecule has 48 heavy (non-hydrogen) atoms. The Bertz CT molecular complexity index is 1840. The van der Waals surface area contributed by atoms with E-state index < -0.39 is 47.3 Å². The number of rotatable bonds is 10. The molecule has 11 heteroatoms. The molecule has 8 nitrogen and oxygen atoms in total. The maximum absolute atomic E-state index is 16.1. The zero-order valence-electron chi connectivity index (χ0n) is 26.5. The molecule has 0 bridgehead atoms. The number of aliphatic hydroxyl groups excluding tert-OH is 1. The predicted molar refractivity (Wildman–Crippen MR) is 183 cm³/mol. The van der Waals surface area contributed by atoms with Gasteiger partial charge in [-0.05, 0) is 79.4 Å². The number of benzene rings is 4. The summed E-state index contributed by atoms with van der Waals surface area (Å²) in [4.78, 5) is 28.8. The number of likely N-dealkylation sites (tertiary alicyclic amines) is 1. The smallest absolute Gasteiger partial charge is 0.338 e. The second-order valence-corrected chi connectivity index (χ2v) is 12.8. The minimum atomic E-state index is -1.51. The molecule has 2 heterocycles. The van der Waals surface area contributed by atoms with Crippen LogP contribution in [0.2, 0.25) is 10.0 Å². The molecule has 0 saturated carbocycles. The van der Waals surface area contributed by atoms with E-state index in [4.69, 9.17) is 38.4 Å². The average Bonchev–Trinajstić information content (AvgIpc) is 3.48. The van der Waals surface area contributed by atoms with Crippen molar-refractivity contribution in [2.45, 2.75) is 56.5 Å². The molecule has 0 radical (unpaired) electrons. The van der Waals surface area contributed by atoms with E-state index in [0.717, 1.165) is 5.56 Å². The van der Waals surface area contributed by atoms with E-state index in [1.807, 2.05) is 36.1 Å². The lowest BCUT2D eigenvalue weighted by Crippen LogP contribution is -2.51. The van der Waals surface area contributed by atoms with E-state index in [2.05, 4.69) is 5.32 Å². The fraction of sp³-hybridized carbons (Fsp3) is 0.297. The van der Waals surface area contributed by atoms with Gasteiger partial charge in [0.2, 0.25) is 5.91 Å². The summed E-state index contributed by atoms with van der Waals surface area (Å²) in [5.74, 6) is -1.78. The summed E-state index contributed by atoms with van der Waals surface area (Å²) in [5.41, 5.74) is 8.67. The fourth-order valence-corrected chi connectivity index (χ4v) is 7.63. The zero-order chi connectivity index (χ0) is 34.2. The van der Waals surface area contributed by atoms with Gasteiger partial charge < -0.3 is 25.6 Å². The topological polar surface area (TPSA) is 114 Å². The van der Waals surface area contributed by atoms with Gasteiger partial charge in [0.1, 0.15) is 17.1 Å². The summed E-state index contributed by atoms with van der Waals surface area (Å²) in [5, 5.41) is 15.0. The molecule has 1 fully saturated rings. The maximum atomic E-state index is 16.1. The Morgan fingerprint density at radius 2 is 1.79 bits per heavy atom. The third-order valence-corrected chi connectivity index (χ3v) is 9.80. The molecule has 1 saturated heterocycles. The van der Waals surface area contributed by atoms with Gasteiger partial charge in [-0.2, -0.15) is 0 Å². The van der Waals surface area contributed by atoms with Crippen molar-refractivity contribution >= 4 is 40.8 Å². The van der Waals surface area contributed by atoms with Crippen LogP contribution in [0.4, 0.5) is 10.1 Å². The molecule has 0 aromatic heterocycles. The van der Waals surface area contributed by atoms with E-state index in [1.165, 1.54) is 6.07 Å². The standard InChI is InChI=1S/C37H36Cl2FN3O5/c1-3-47-25-8-5-7-21(17-25)20-43-30(19-31(44)22-11-13-23(14-12-22)35(45)48-4-2)34(41)32(26-9-6-10-28(39)33(26)40)37(43)27-16-15-24(38)18-29(27)42-36(37)46/h5-18,30-32,34,44H,3-4,19-20,41H2,1-2H3,(H,42,46)/t30-,31-,32-,34+,37+/m0/s1. The number of carbonyl (C=O) groups is 2. The largest absolute Gasteiger partial charge is 0.494 e. The van der Waals surface area contributed by atoms with Gasteiger partial charge in [0.25, 0.3) is 0 Å². The van der Waals surface area contributed by atoms with Crippen molar-refractivity contribution in [3.05, 3.63) is 129 Å². The van der Waals surface area contributed by atoms with Crippen molar-refractivity contribution in [3.63, 3.8) is 0 Å². The lowest BCUT2D eigenvalue weighted by Gasteiger charge is -2.40. The van der Waals surface area contributed by atoms with Gasteiger partial charge in [0, 0.05) is 40.8 Å². The second kappa shape index (κ2) is 13.9. The SMILES string of the molecule is CCOC(=O)c1ccc([C@@H](O)C[C@H]2[C@@H](N)[C@H](c3cccc(Cl)c3F)[C@]3(C(=O)Nc4cc(Cl)ccc43)N2Cc2cccc(OCC)c2)cc1. The lowest BCUT2D eigenvalue weighted by atomic mass is 9.73. The molecule has 6 rings (SSSR count). The van der Waals surface area contributed by atoms with Gasteiger partial charge in [-0.1, -0.05) is 65.7 Å². The molecule has 5 atom stereocenters. The highest BCUT2D eigenvalue weighted by Crippen LogP contribution is 2.58. The van der Waals surface area contributed by atoms with Gasteiger partial charge in [0.15, 0.2) is 0 Å². The summed E-state index contributed by atoms with van der Waals surface area (Å²) in [6.07, 6.45) is -0.967. The molecule has 4 N–H and O–H groups in total. The first kappa shape index (κ1) is 33.9. The molecule has 2 aliphatic rings. The van der Waals surface area contributed by atoms with Crippen LogP contribution in [0.5, 0.6) is 5.75 Å². The highest BCUT2D eigenvalue weighted by molar-refractivity contribution is 6.31. The van der Waals surface area contributed by atoms with Crippen LogP contribution in [0, 0.1) is 5.82 Å². The van der Waals surface area contributed by atoms with Gasteiger partial charge >= 0.3 is 5.97 Å². The van der Waals surface area contributed by atoms with Crippen molar-refractivity contribution in [2.24, 2.45) is 5.73 Å². The van der Waals surface area contributed by atoms with E-state index >= 15 is 4.39 Å². The third-order valence-electron chi connectivity index (χ3n) is 9.27. The number of fused-ring (bicyclic) bond motifs is 2. The number of amides is 1. The number of hydrogen-bond donors (Lipinski definition) is 3. The number of ether oxygens (including phenoxy) is 2.